The van der Waals surface area contributed by atoms with Gasteiger partial charge in [0.25, 0.3) is 5.91 Å². The summed E-state index contributed by atoms with van der Waals surface area (Å²) < 4.78 is 38.7. The Bertz CT molecular complexity index is 1100. The number of nitrogens with one attached hydrogen (secondary N) is 1. The molecule has 0 aliphatic rings. The Morgan fingerprint density at radius 2 is 2.04 bits per heavy atom. The van der Waals surface area contributed by atoms with E-state index in [4.69, 9.17) is 4.84 Å². The van der Waals surface area contributed by atoms with Crippen molar-refractivity contribution in [1.29, 1.82) is 0 Å². The van der Waals surface area contributed by atoms with E-state index in [0.29, 0.717) is 5.52 Å². The number of carbonyl (C=O) groups excluding carboxylic acids is 1. The van der Waals surface area contributed by atoms with Gasteiger partial charge < -0.3 is 10.2 Å². The van der Waals surface area contributed by atoms with Crippen LogP contribution >= 0.6 is 0 Å². The molecule has 0 unspecified atom stereocenters. The molecule has 0 saturated carbocycles. The van der Waals surface area contributed by atoms with Gasteiger partial charge in [0, 0.05) is 19.8 Å². The van der Waals surface area contributed by atoms with Crippen LogP contribution < -0.4 is 10.2 Å². The fraction of sp³-hybridized carbons (Fsp3) is 0.188. The molecular weight excluding hydrogens is 377 g/mol. The van der Waals surface area contributed by atoms with Crippen LogP contribution in [0.5, 0.6) is 0 Å². The van der Waals surface area contributed by atoms with E-state index in [9.17, 15) is 17.6 Å². The Kier molecular flexibility index (Phi) is 5.06. The first-order valence-corrected chi connectivity index (χ1v) is 9.18. The molecule has 3 rings (SSSR count). The molecule has 2 aromatic carbocycles. The molecule has 0 atom stereocenters. The molecule has 0 spiro atoms. The van der Waals surface area contributed by atoms with Crippen LogP contribution in [0.3, 0.4) is 0 Å². The van der Waals surface area contributed by atoms with Gasteiger partial charge in [0.15, 0.2) is 6.61 Å². The largest absolute Gasteiger partial charge is 0.385 e. The third-order valence-electron chi connectivity index (χ3n) is 3.59. The number of aromatic nitrogens is 3. The van der Waals surface area contributed by atoms with Gasteiger partial charge in [0.05, 0.1) is 4.90 Å². The highest BCUT2D eigenvalue weighted by Crippen LogP contribution is 2.19. The molecule has 11 heteroatoms. The SMILES string of the molecule is CN(C)S(=O)(=O)c1ccc2nnn(OCC(=O)Nc3cccc(F)c3)c2c1. The van der Waals surface area contributed by atoms with Crippen molar-refractivity contribution in [3.8, 4) is 0 Å². The minimum absolute atomic E-state index is 0.0383. The summed E-state index contributed by atoms with van der Waals surface area (Å²) in [4.78, 5) is 18.2. The van der Waals surface area contributed by atoms with E-state index < -0.39 is 28.4 Å². The van der Waals surface area contributed by atoms with Crippen molar-refractivity contribution < 1.29 is 22.4 Å². The lowest BCUT2D eigenvalue weighted by molar-refractivity contribution is -0.121. The summed E-state index contributed by atoms with van der Waals surface area (Å²) in [6.07, 6.45) is 0. The Labute approximate surface area is 154 Å². The quantitative estimate of drug-likeness (QED) is 0.667. The highest BCUT2D eigenvalue weighted by atomic mass is 32.2. The number of nitrogens with zero attached hydrogens (tertiary/aromatic N) is 4. The Balaban J connectivity index is 1.76. The smallest absolute Gasteiger partial charge is 0.265 e. The summed E-state index contributed by atoms with van der Waals surface area (Å²) >= 11 is 0. The molecule has 0 aliphatic carbocycles. The molecule has 0 saturated heterocycles. The first-order chi connectivity index (χ1) is 12.8. The van der Waals surface area contributed by atoms with Crippen LogP contribution in [0.15, 0.2) is 47.4 Å². The molecule has 9 nitrogen and oxygen atoms in total. The van der Waals surface area contributed by atoms with Crippen LogP contribution in [0.2, 0.25) is 0 Å². The van der Waals surface area contributed by atoms with E-state index in [0.717, 1.165) is 9.15 Å². The number of hydrogen-bond acceptors (Lipinski definition) is 6. The molecular formula is C16H16FN5O4S. The Hall–Kier alpha value is -3.05. The van der Waals surface area contributed by atoms with Gasteiger partial charge in [0.1, 0.15) is 16.9 Å². The van der Waals surface area contributed by atoms with Crippen LogP contribution in [0.1, 0.15) is 0 Å². The van der Waals surface area contributed by atoms with Gasteiger partial charge >= 0.3 is 0 Å². The fourth-order valence-corrected chi connectivity index (χ4v) is 3.15. The van der Waals surface area contributed by atoms with Crippen molar-refractivity contribution in [2.45, 2.75) is 4.90 Å². The van der Waals surface area contributed by atoms with Crippen molar-refractivity contribution in [3.05, 3.63) is 48.3 Å². The third-order valence-corrected chi connectivity index (χ3v) is 5.40. The van der Waals surface area contributed by atoms with Crippen molar-refractivity contribution in [3.63, 3.8) is 0 Å². The predicted molar refractivity (Wildman–Crippen MR) is 94.9 cm³/mol. The topological polar surface area (TPSA) is 106 Å². The fourth-order valence-electron chi connectivity index (χ4n) is 2.23. The first kappa shape index (κ1) is 18.7. The van der Waals surface area contributed by atoms with Gasteiger partial charge in [-0.25, -0.2) is 17.1 Å². The number of rotatable bonds is 6. The lowest BCUT2D eigenvalue weighted by Gasteiger charge is -2.11. The van der Waals surface area contributed by atoms with Crippen molar-refractivity contribution >= 4 is 32.7 Å². The summed E-state index contributed by atoms with van der Waals surface area (Å²) in [5.41, 5.74) is 0.973. The van der Waals surface area contributed by atoms with Crippen molar-refractivity contribution in [2.75, 3.05) is 26.0 Å². The van der Waals surface area contributed by atoms with E-state index in [1.165, 1.54) is 56.6 Å². The zero-order valence-corrected chi connectivity index (χ0v) is 15.3. The molecule has 142 valence electrons. The molecule has 3 aromatic rings. The van der Waals surface area contributed by atoms with E-state index in [1.54, 1.807) is 0 Å². The first-order valence-electron chi connectivity index (χ1n) is 7.74. The second-order valence-corrected chi connectivity index (χ2v) is 7.88. The summed E-state index contributed by atoms with van der Waals surface area (Å²) in [6.45, 7) is -0.431. The van der Waals surface area contributed by atoms with Crippen LogP contribution in [0.25, 0.3) is 11.0 Å². The molecule has 1 amide bonds. The van der Waals surface area contributed by atoms with E-state index in [1.807, 2.05) is 0 Å². The summed E-state index contributed by atoms with van der Waals surface area (Å²) in [5, 5.41) is 10.1. The average molecular weight is 393 g/mol. The number of anilines is 1. The maximum Gasteiger partial charge on any atom is 0.265 e. The number of fused-ring (bicyclic) bond motifs is 1. The summed E-state index contributed by atoms with van der Waals surface area (Å²) in [7, 11) is -0.807. The monoisotopic (exact) mass is 393 g/mol. The lowest BCUT2D eigenvalue weighted by atomic mass is 10.3. The molecule has 0 aliphatic heterocycles. The maximum absolute atomic E-state index is 13.1. The van der Waals surface area contributed by atoms with Gasteiger partial charge in [-0.15, -0.1) is 5.10 Å². The molecule has 1 aromatic heterocycles. The Morgan fingerprint density at radius 1 is 1.26 bits per heavy atom. The van der Waals surface area contributed by atoms with Gasteiger partial charge in [-0.2, -0.15) is 0 Å². The minimum atomic E-state index is -3.64. The van der Waals surface area contributed by atoms with Gasteiger partial charge in [0.2, 0.25) is 10.0 Å². The van der Waals surface area contributed by atoms with E-state index in [2.05, 4.69) is 15.6 Å². The molecule has 27 heavy (non-hydrogen) atoms. The van der Waals surface area contributed by atoms with E-state index >= 15 is 0 Å². The normalized spacial score (nSPS) is 11.7. The highest BCUT2D eigenvalue weighted by Gasteiger charge is 2.19. The van der Waals surface area contributed by atoms with Crippen molar-refractivity contribution in [2.24, 2.45) is 0 Å². The second-order valence-electron chi connectivity index (χ2n) is 5.73. The van der Waals surface area contributed by atoms with Crippen LogP contribution in [0.4, 0.5) is 10.1 Å². The van der Waals surface area contributed by atoms with Gasteiger partial charge in [-0.1, -0.05) is 10.9 Å². The summed E-state index contributed by atoms with van der Waals surface area (Å²) in [5.74, 6) is -1.02. The molecule has 1 heterocycles. The number of halogens is 1. The molecule has 1 N–H and O–H groups in total. The molecule has 0 fully saturated rings. The second kappa shape index (κ2) is 7.29. The lowest BCUT2D eigenvalue weighted by Crippen LogP contribution is -2.26. The highest BCUT2D eigenvalue weighted by molar-refractivity contribution is 7.89. The number of amides is 1. The van der Waals surface area contributed by atoms with Gasteiger partial charge in [-0.05, 0) is 41.6 Å². The number of benzene rings is 2. The average Bonchev–Trinajstić information content (AvgIpc) is 3.02. The van der Waals surface area contributed by atoms with Gasteiger partial charge in [-0.3, -0.25) is 4.79 Å². The van der Waals surface area contributed by atoms with Crippen LogP contribution in [-0.4, -0.2) is 54.5 Å². The standard InChI is InChI=1S/C16H16FN5O4S/c1-21(2)27(24,25)13-6-7-14-15(9-13)22(20-19-14)26-10-16(23)18-12-5-3-4-11(17)8-12/h3-9H,10H2,1-2H3,(H,18,23). The zero-order chi connectivity index (χ0) is 19.6. The van der Waals surface area contributed by atoms with Crippen LogP contribution in [0, 0.1) is 5.82 Å². The number of hydrogen-bond donors (Lipinski definition) is 1. The Morgan fingerprint density at radius 3 is 2.74 bits per heavy atom. The minimum Gasteiger partial charge on any atom is -0.385 e. The molecule has 0 bridgehead atoms. The number of sulfonamides is 1. The zero-order valence-electron chi connectivity index (χ0n) is 14.5. The third kappa shape index (κ3) is 4.04. The summed E-state index contributed by atoms with van der Waals surface area (Å²) in [6, 6.07) is 9.68. The maximum atomic E-state index is 13.1. The van der Waals surface area contributed by atoms with Crippen LogP contribution in [-0.2, 0) is 14.8 Å². The number of carbonyl (C=O) groups is 1. The van der Waals surface area contributed by atoms with E-state index in [-0.39, 0.29) is 16.1 Å². The van der Waals surface area contributed by atoms with Crippen molar-refractivity contribution in [1.82, 2.24) is 19.5 Å². The molecule has 0 radical (unpaired) electrons. The predicted octanol–water partition coefficient (Wildman–Crippen LogP) is 0.888.